The summed E-state index contributed by atoms with van der Waals surface area (Å²) in [5.41, 5.74) is 3.15. The molecule has 5 nitrogen and oxygen atoms in total. The van der Waals surface area contributed by atoms with E-state index < -0.39 is 17.4 Å². The van der Waals surface area contributed by atoms with Gasteiger partial charge in [-0.05, 0) is 61.5 Å². The van der Waals surface area contributed by atoms with E-state index in [-0.39, 0.29) is 4.90 Å². The number of para-hydroxylation sites is 1. The van der Waals surface area contributed by atoms with E-state index in [9.17, 15) is 13.0 Å². The van der Waals surface area contributed by atoms with Crippen LogP contribution in [0.1, 0.15) is 11.3 Å². The Hall–Kier alpha value is -4.09. The Morgan fingerprint density at radius 2 is 1.10 bits per heavy atom. The van der Waals surface area contributed by atoms with Gasteiger partial charge in [0.25, 0.3) is 0 Å². The molecule has 40 heavy (non-hydrogen) atoms. The predicted molar refractivity (Wildman–Crippen MR) is 164 cm³/mol. The van der Waals surface area contributed by atoms with Crippen LogP contribution in [0.4, 0.5) is 0 Å². The molecule has 6 rings (SSSR count). The third-order valence-electron chi connectivity index (χ3n) is 6.84. The number of aromatic amines is 1. The van der Waals surface area contributed by atoms with Crippen molar-refractivity contribution in [1.29, 1.82) is 0 Å². The normalized spacial score (nSPS) is 11.6. The quantitative estimate of drug-likeness (QED) is 0.200. The monoisotopic (exact) mass is 564 g/mol. The first-order valence-electron chi connectivity index (χ1n) is 12.9. The van der Waals surface area contributed by atoms with Crippen molar-refractivity contribution >= 4 is 44.2 Å². The molecule has 0 fully saturated rings. The Morgan fingerprint density at radius 1 is 0.650 bits per heavy atom. The van der Waals surface area contributed by atoms with Crippen molar-refractivity contribution in [2.75, 3.05) is 0 Å². The summed E-state index contributed by atoms with van der Waals surface area (Å²) in [7, 11) is -6.19. The van der Waals surface area contributed by atoms with E-state index in [1.165, 1.54) is 39.1 Å². The van der Waals surface area contributed by atoms with Crippen molar-refractivity contribution in [3.8, 4) is 0 Å². The van der Waals surface area contributed by atoms with Crippen LogP contribution >= 0.6 is 7.26 Å². The van der Waals surface area contributed by atoms with Crippen molar-refractivity contribution < 1.29 is 13.0 Å². The number of hydrogen-bond donors (Lipinski definition) is 1. The maximum Gasteiger partial charge on any atom is 0.124 e. The molecule has 0 aliphatic carbocycles. The zero-order chi connectivity index (χ0) is 28.0. The van der Waals surface area contributed by atoms with E-state index in [4.69, 9.17) is 0 Å². The van der Waals surface area contributed by atoms with Crippen molar-refractivity contribution in [2.24, 2.45) is 0 Å². The minimum atomic E-state index is -4.27. The van der Waals surface area contributed by atoms with E-state index in [1.54, 1.807) is 12.1 Å². The molecule has 0 saturated carbocycles. The lowest BCUT2D eigenvalue weighted by atomic mass is 10.2. The van der Waals surface area contributed by atoms with Crippen molar-refractivity contribution in [1.82, 2.24) is 10.2 Å². The zero-order valence-corrected chi connectivity index (χ0v) is 23.7. The molecule has 1 heterocycles. The summed E-state index contributed by atoms with van der Waals surface area (Å²) in [5.74, 6) is 0. The van der Waals surface area contributed by atoms with Crippen LogP contribution in [0, 0.1) is 6.92 Å². The second kappa shape index (κ2) is 12.0. The lowest BCUT2D eigenvalue weighted by Crippen LogP contribution is -2.32. The minimum absolute atomic E-state index is 0.178. The second-order valence-electron chi connectivity index (χ2n) is 9.46. The van der Waals surface area contributed by atoms with Crippen molar-refractivity contribution in [3.05, 3.63) is 151 Å². The van der Waals surface area contributed by atoms with E-state index in [0.29, 0.717) is 0 Å². The first-order chi connectivity index (χ1) is 19.4. The first-order valence-corrected chi connectivity index (χ1v) is 16.3. The smallest absolute Gasteiger partial charge is 0.124 e. The summed E-state index contributed by atoms with van der Waals surface area (Å²) in [5, 5.41) is 13.3. The van der Waals surface area contributed by atoms with Gasteiger partial charge in [-0.3, -0.25) is 5.10 Å². The fourth-order valence-corrected chi connectivity index (χ4v) is 9.52. The molecular weight excluding hydrogens is 535 g/mol. The fraction of sp³-hybridized carbons (Fsp3) is 0.0606. The topological polar surface area (TPSA) is 85.9 Å². The molecule has 0 aliphatic rings. The van der Waals surface area contributed by atoms with Gasteiger partial charge in [-0.2, -0.15) is 5.10 Å². The van der Waals surface area contributed by atoms with Gasteiger partial charge in [0.2, 0.25) is 0 Å². The van der Waals surface area contributed by atoms with Crippen molar-refractivity contribution in [3.63, 3.8) is 0 Å². The highest BCUT2D eigenvalue weighted by Crippen LogP contribution is 2.58. The summed E-state index contributed by atoms with van der Waals surface area (Å²) < 4.78 is 31.2. The minimum Gasteiger partial charge on any atom is -0.744 e. The molecule has 0 aliphatic heterocycles. The van der Waals surface area contributed by atoms with Crippen LogP contribution in [0.3, 0.4) is 0 Å². The third-order valence-corrected chi connectivity index (χ3v) is 12.0. The molecule has 0 spiro atoms. The van der Waals surface area contributed by atoms with E-state index >= 15 is 0 Å². The lowest BCUT2D eigenvalue weighted by Gasteiger charge is -2.27. The van der Waals surface area contributed by atoms with E-state index in [1.807, 2.05) is 13.0 Å². The van der Waals surface area contributed by atoms with Gasteiger partial charge in [-0.15, -0.1) is 0 Å². The van der Waals surface area contributed by atoms with Crippen LogP contribution in [-0.4, -0.2) is 23.2 Å². The highest BCUT2D eigenvalue weighted by atomic mass is 32.2. The number of nitrogens with zero attached hydrogens (tertiary/aromatic N) is 1. The number of benzene rings is 5. The van der Waals surface area contributed by atoms with Gasteiger partial charge in [-0.25, -0.2) is 8.42 Å². The van der Waals surface area contributed by atoms with E-state index in [2.05, 4.69) is 119 Å². The van der Waals surface area contributed by atoms with Crippen LogP contribution < -0.4 is 15.9 Å². The van der Waals surface area contributed by atoms with Gasteiger partial charge in [0.1, 0.15) is 39.5 Å². The molecule has 6 aromatic rings. The fourth-order valence-electron chi connectivity index (χ4n) is 4.85. The number of hydrogen-bond acceptors (Lipinski definition) is 4. The maximum absolute atomic E-state index is 10.4. The average Bonchev–Trinajstić information content (AvgIpc) is 3.40. The average molecular weight is 565 g/mol. The van der Waals surface area contributed by atoms with Gasteiger partial charge in [-0.1, -0.05) is 90.5 Å². The summed E-state index contributed by atoms with van der Waals surface area (Å²) in [4.78, 5) is -0.178. The summed E-state index contributed by atoms with van der Waals surface area (Å²) in [6.07, 6.45) is 0.908. The third kappa shape index (κ3) is 5.90. The molecule has 0 amide bonds. The molecule has 1 aromatic heterocycles. The van der Waals surface area contributed by atoms with Crippen molar-refractivity contribution in [2.45, 2.75) is 18.0 Å². The largest absolute Gasteiger partial charge is 0.744 e. The highest BCUT2D eigenvalue weighted by Gasteiger charge is 2.46. The highest BCUT2D eigenvalue weighted by molar-refractivity contribution is 7.95. The Labute approximate surface area is 235 Å². The number of fused-ring (bicyclic) bond motifs is 1. The Morgan fingerprint density at radius 3 is 1.57 bits per heavy atom. The van der Waals surface area contributed by atoms with Crippen LogP contribution in [0.25, 0.3) is 10.9 Å². The molecule has 200 valence electrons. The molecule has 5 aromatic carbocycles. The SMILES string of the molecule is Cc1ccc(S(=O)(=O)[O-])cc1.c1ccc([P+](Cc2[nH]nc3ccccc23)(c2ccccc2)c2ccccc2)cc1. The second-order valence-corrected chi connectivity index (χ2v) is 14.3. The van der Waals surface area contributed by atoms with Gasteiger partial charge in [0.05, 0.1) is 16.1 Å². The Kier molecular flexibility index (Phi) is 8.22. The molecular formula is C33H29N2O3PS. The summed E-state index contributed by atoms with van der Waals surface area (Å²) in [6, 6.07) is 47.1. The standard InChI is InChI=1S/C26H22N2P.C7H8O3S/c1-4-12-21(13-5-1)29(22-14-6-2-7-15-22,23-16-8-3-9-17-23)20-26-24-18-10-11-19-25(24)27-28-26;1-6-2-4-7(5-3-6)11(8,9)10/h1-19H,20H2,(H,27,28);2-5H,1H3,(H,8,9,10)/q+1;/p-1. The predicted octanol–water partition coefficient (Wildman–Crippen LogP) is 5.96. The number of H-pyrrole nitrogens is 1. The van der Waals surface area contributed by atoms with Crippen LogP contribution in [-0.2, 0) is 16.3 Å². The summed E-state index contributed by atoms with van der Waals surface area (Å²) >= 11 is 0. The molecule has 0 bridgehead atoms. The van der Waals surface area contributed by atoms with Crippen LogP contribution in [0.15, 0.2) is 144 Å². The van der Waals surface area contributed by atoms with Gasteiger partial charge in [0.15, 0.2) is 0 Å². The molecule has 0 unspecified atom stereocenters. The Balaban J connectivity index is 0.000000248. The number of aryl methyl sites for hydroxylation is 1. The van der Waals surface area contributed by atoms with Gasteiger partial charge >= 0.3 is 0 Å². The number of nitrogens with one attached hydrogen (secondary N) is 1. The zero-order valence-electron chi connectivity index (χ0n) is 22.0. The number of rotatable bonds is 6. The number of aromatic nitrogens is 2. The first kappa shape index (κ1) is 27.5. The molecule has 7 heteroatoms. The summed E-state index contributed by atoms with van der Waals surface area (Å²) in [6.45, 7) is 1.82. The van der Waals surface area contributed by atoms with Crippen LogP contribution in [0.2, 0.25) is 0 Å². The molecule has 1 N–H and O–H groups in total. The maximum atomic E-state index is 10.4. The molecule has 0 atom stereocenters. The lowest BCUT2D eigenvalue weighted by molar-refractivity contribution is 0.463. The van der Waals surface area contributed by atoms with E-state index in [0.717, 1.165) is 17.2 Å². The molecule has 0 saturated heterocycles. The Bertz CT molecular complexity index is 1690. The molecule has 0 radical (unpaired) electrons. The van der Waals surface area contributed by atoms with Gasteiger partial charge in [0, 0.05) is 5.39 Å². The van der Waals surface area contributed by atoms with Gasteiger partial charge < -0.3 is 4.55 Å². The van der Waals surface area contributed by atoms with Crippen LogP contribution in [0.5, 0.6) is 0 Å².